The van der Waals surface area contributed by atoms with Gasteiger partial charge in [0.2, 0.25) is 0 Å². The molecular formula is C10H22O4Si. The number of rotatable bonds is 10. The molecule has 0 bridgehead atoms. The van der Waals surface area contributed by atoms with Crippen LogP contribution in [0.4, 0.5) is 0 Å². The van der Waals surface area contributed by atoms with Gasteiger partial charge in [0, 0.05) is 6.61 Å². The van der Waals surface area contributed by atoms with Crippen molar-refractivity contribution in [3.05, 3.63) is 12.8 Å². The Morgan fingerprint density at radius 1 is 1.07 bits per heavy atom. The lowest BCUT2D eigenvalue weighted by Gasteiger charge is -2.22. The van der Waals surface area contributed by atoms with E-state index in [9.17, 15) is 0 Å². The Morgan fingerprint density at radius 2 is 1.67 bits per heavy atom. The first-order valence-electron chi connectivity index (χ1n) is 5.20. The highest BCUT2D eigenvalue weighted by Gasteiger charge is 2.23. The smallest absolute Gasteiger partial charge is 0.331 e. The fourth-order valence-electron chi connectivity index (χ4n) is 0.951. The molecule has 5 heteroatoms. The minimum Gasteiger partial charge on any atom is -0.499 e. The number of hydrogen-bond acceptors (Lipinski definition) is 4. The van der Waals surface area contributed by atoms with Crippen molar-refractivity contribution >= 4 is 8.56 Å². The predicted molar refractivity (Wildman–Crippen MR) is 62.0 cm³/mol. The Morgan fingerprint density at radius 3 is 2.20 bits per heavy atom. The van der Waals surface area contributed by atoms with Crippen LogP contribution in [0.5, 0.6) is 0 Å². The maximum atomic E-state index is 5.62. The van der Waals surface area contributed by atoms with Crippen molar-refractivity contribution in [3.8, 4) is 0 Å². The van der Waals surface area contributed by atoms with E-state index < -0.39 is 8.56 Å². The molecule has 0 unspecified atom stereocenters. The van der Waals surface area contributed by atoms with Crippen LogP contribution in [0, 0.1) is 0 Å². The van der Waals surface area contributed by atoms with E-state index in [1.54, 1.807) is 0 Å². The van der Waals surface area contributed by atoms with Gasteiger partial charge in [0.15, 0.2) is 0 Å². The lowest BCUT2D eigenvalue weighted by molar-refractivity contribution is 0.0813. The molecule has 0 aromatic rings. The van der Waals surface area contributed by atoms with E-state index in [1.165, 1.54) is 6.26 Å². The van der Waals surface area contributed by atoms with Crippen LogP contribution in [0.1, 0.15) is 6.92 Å². The zero-order valence-corrected chi connectivity index (χ0v) is 11.0. The van der Waals surface area contributed by atoms with Gasteiger partial charge in [-0.05, 0) is 20.0 Å². The SMILES string of the molecule is C=COCCO[Si](C)(C)OCCOCC. The summed E-state index contributed by atoms with van der Waals surface area (Å²) in [6.07, 6.45) is 1.41. The van der Waals surface area contributed by atoms with E-state index in [2.05, 4.69) is 6.58 Å². The molecule has 0 aromatic heterocycles. The molecule has 0 radical (unpaired) electrons. The minimum absolute atomic E-state index is 0.523. The molecule has 0 saturated heterocycles. The summed E-state index contributed by atoms with van der Waals surface area (Å²) >= 11 is 0. The van der Waals surface area contributed by atoms with Gasteiger partial charge in [-0.1, -0.05) is 6.58 Å². The molecule has 0 aliphatic rings. The van der Waals surface area contributed by atoms with Crippen LogP contribution in [0.25, 0.3) is 0 Å². The lowest BCUT2D eigenvalue weighted by Crippen LogP contribution is -2.37. The first-order valence-corrected chi connectivity index (χ1v) is 8.02. The van der Waals surface area contributed by atoms with E-state index in [0.29, 0.717) is 26.4 Å². The Labute approximate surface area is 93.4 Å². The average molecular weight is 234 g/mol. The topological polar surface area (TPSA) is 36.9 Å². The van der Waals surface area contributed by atoms with Crippen LogP contribution < -0.4 is 0 Å². The van der Waals surface area contributed by atoms with Crippen LogP contribution in [0.15, 0.2) is 12.8 Å². The van der Waals surface area contributed by atoms with Crippen molar-refractivity contribution in [2.24, 2.45) is 0 Å². The Kier molecular flexibility index (Phi) is 8.69. The summed E-state index contributed by atoms with van der Waals surface area (Å²) in [7, 11) is -2.00. The van der Waals surface area contributed by atoms with E-state index in [0.717, 1.165) is 6.61 Å². The van der Waals surface area contributed by atoms with Gasteiger partial charge in [-0.3, -0.25) is 0 Å². The summed E-state index contributed by atoms with van der Waals surface area (Å²) in [4.78, 5) is 0. The first-order chi connectivity index (χ1) is 7.12. The van der Waals surface area contributed by atoms with E-state index in [1.807, 2.05) is 20.0 Å². The molecule has 0 spiro atoms. The molecule has 0 N–H and O–H groups in total. The second-order valence-electron chi connectivity index (χ2n) is 3.33. The zero-order chi connectivity index (χ0) is 11.6. The number of ether oxygens (including phenoxy) is 2. The second kappa shape index (κ2) is 8.91. The zero-order valence-electron chi connectivity index (χ0n) is 9.95. The molecule has 0 fully saturated rings. The molecule has 0 atom stereocenters. The highest BCUT2D eigenvalue weighted by Crippen LogP contribution is 2.05. The molecule has 0 saturated carbocycles. The number of hydrogen-bond donors (Lipinski definition) is 0. The summed E-state index contributed by atoms with van der Waals surface area (Å²) in [5, 5.41) is 0. The Hall–Kier alpha value is -0.363. The van der Waals surface area contributed by atoms with Crippen LogP contribution in [-0.4, -0.2) is 41.6 Å². The minimum atomic E-state index is -2.00. The van der Waals surface area contributed by atoms with Gasteiger partial charge >= 0.3 is 8.56 Å². The quantitative estimate of drug-likeness (QED) is 0.329. The standard InChI is InChI=1S/C10H22O4Si/c1-5-11-7-9-13-15(3,4)14-10-8-12-6-2/h5H,1,6-10H2,2-4H3. The van der Waals surface area contributed by atoms with Gasteiger partial charge in [-0.25, -0.2) is 0 Å². The van der Waals surface area contributed by atoms with E-state index >= 15 is 0 Å². The van der Waals surface area contributed by atoms with E-state index in [4.69, 9.17) is 18.3 Å². The maximum absolute atomic E-state index is 5.62. The predicted octanol–water partition coefficient (Wildman–Crippen LogP) is 1.92. The van der Waals surface area contributed by atoms with Crippen LogP contribution >= 0.6 is 0 Å². The fourth-order valence-corrected chi connectivity index (χ4v) is 2.18. The van der Waals surface area contributed by atoms with Crippen molar-refractivity contribution in [2.75, 3.05) is 33.0 Å². The summed E-state index contributed by atoms with van der Waals surface area (Å²) < 4.78 is 21.4. The summed E-state index contributed by atoms with van der Waals surface area (Å²) in [5.74, 6) is 0. The Balaban J connectivity index is 3.44. The maximum Gasteiger partial charge on any atom is 0.331 e. The molecule has 0 amide bonds. The average Bonchev–Trinajstić information content (AvgIpc) is 2.20. The highest BCUT2D eigenvalue weighted by molar-refractivity contribution is 6.64. The first kappa shape index (κ1) is 14.6. The molecule has 0 rings (SSSR count). The molecule has 0 aliphatic carbocycles. The summed E-state index contributed by atoms with van der Waals surface area (Å²) in [6.45, 7) is 12.4. The molecule has 4 nitrogen and oxygen atoms in total. The van der Waals surface area contributed by atoms with Gasteiger partial charge in [0.25, 0.3) is 0 Å². The van der Waals surface area contributed by atoms with Gasteiger partial charge < -0.3 is 18.3 Å². The van der Waals surface area contributed by atoms with Crippen molar-refractivity contribution in [2.45, 2.75) is 20.0 Å². The largest absolute Gasteiger partial charge is 0.499 e. The van der Waals surface area contributed by atoms with Gasteiger partial charge in [0.1, 0.15) is 6.61 Å². The fraction of sp³-hybridized carbons (Fsp3) is 0.800. The third-order valence-electron chi connectivity index (χ3n) is 1.65. The summed E-state index contributed by atoms with van der Waals surface area (Å²) in [6, 6.07) is 0. The third kappa shape index (κ3) is 9.93. The van der Waals surface area contributed by atoms with Crippen LogP contribution in [-0.2, 0) is 18.3 Å². The molecule has 0 aromatic carbocycles. The van der Waals surface area contributed by atoms with Crippen LogP contribution in [0.2, 0.25) is 13.1 Å². The van der Waals surface area contributed by atoms with Gasteiger partial charge in [-0.15, -0.1) is 0 Å². The second-order valence-corrected chi connectivity index (χ2v) is 6.71. The normalized spacial score (nSPS) is 11.4. The third-order valence-corrected chi connectivity index (χ3v) is 3.45. The van der Waals surface area contributed by atoms with Crippen molar-refractivity contribution in [1.82, 2.24) is 0 Å². The van der Waals surface area contributed by atoms with Crippen molar-refractivity contribution in [1.29, 1.82) is 0 Å². The van der Waals surface area contributed by atoms with E-state index in [-0.39, 0.29) is 0 Å². The Bertz CT molecular complexity index is 162. The van der Waals surface area contributed by atoms with Gasteiger partial charge in [-0.2, -0.15) is 0 Å². The molecule has 0 aliphatic heterocycles. The summed E-state index contributed by atoms with van der Waals surface area (Å²) in [5.41, 5.74) is 0. The van der Waals surface area contributed by atoms with Crippen LogP contribution in [0.3, 0.4) is 0 Å². The monoisotopic (exact) mass is 234 g/mol. The molecule has 90 valence electrons. The molecular weight excluding hydrogens is 212 g/mol. The van der Waals surface area contributed by atoms with Crippen molar-refractivity contribution < 1.29 is 18.3 Å². The van der Waals surface area contributed by atoms with Gasteiger partial charge in [0.05, 0.1) is 26.1 Å². The molecule has 15 heavy (non-hydrogen) atoms. The lowest BCUT2D eigenvalue weighted by atomic mass is 10.8. The van der Waals surface area contributed by atoms with Crippen molar-refractivity contribution in [3.63, 3.8) is 0 Å². The highest BCUT2D eigenvalue weighted by atomic mass is 28.4. The molecule has 0 heterocycles.